The van der Waals surface area contributed by atoms with Gasteiger partial charge in [-0.1, -0.05) is 23.7 Å². The molecule has 0 amide bonds. The first-order chi connectivity index (χ1) is 8.20. The van der Waals surface area contributed by atoms with Crippen LogP contribution in [0.2, 0.25) is 5.02 Å². The Kier molecular flexibility index (Phi) is 3.76. The number of nitrogens with two attached hydrogens (primary N) is 1. The monoisotopic (exact) mass is 250 g/mol. The summed E-state index contributed by atoms with van der Waals surface area (Å²) >= 11 is 5.93. The van der Waals surface area contributed by atoms with Gasteiger partial charge >= 0.3 is 0 Å². The van der Waals surface area contributed by atoms with Crippen molar-refractivity contribution in [2.75, 3.05) is 0 Å². The van der Waals surface area contributed by atoms with E-state index in [9.17, 15) is 0 Å². The van der Waals surface area contributed by atoms with Crippen LogP contribution >= 0.6 is 11.6 Å². The van der Waals surface area contributed by atoms with E-state index in [1.165, 1.54) is 5.56 Å². The van der Waals surface area contributed by atoms with E-state index in [0.29, 0.717) is 6.54 Å². The Morgan fingerprint density at radius 2 is 2.00 bits per heavy atom. The minimum absolute atomic E-state index is 0.417. The highest BCUT2D eigenvalue weighted by molar-refractivity contribution is 6.30. The molecule has 0 bridgehead atoms. The third kappa shape index (κ3) is 2.84. The second kappa shape index (κ2) is 5.29. The standard InChI is InChI=1S/C12H15ClN4/c1-17-11(15-16-12(17)8-14)6-5-9-3-2-4-10(13)7-9/h2-4,7H,5-6,8,14H2,1H3. The second-order valence-electron chi connectivity index (χ2n) is 3.93. The highest BCUT2D eigenvalue weighted by Crippen LogP contribution is 2.12. The highest BCUT2D eigenvalue weighted by atomic mass is 35.5. The zero-order valence-electron chi connectivity index (χ0n) is 9.73. The minimum Gasteiger partial charge on any atom is -0.324 e. The number of hydrogen-bond donors (Lipinski definition) is 1. The fraction of sp³-hybridized carbons (Fsp3) is 0.333. The first kappa shape index (κ1) is 12.1. The van der Waals surface area contributed by atoms with Crippen molar-refractivity contribution >= 4 is 11.6 Å². The molecule has 0 unspecified atom stereocenters. The summed E-state index contributed by atoms with van der Waals surface area (Å²) in [6.07, 6.45) is 1.74. The van der Waals surface area contributed by atoms with Gasteiger partial charge in [-0.3, -0.25) is 0 Å². The van der Waals surface area contributed by atoms with Crippen molar-refractivity contribution < 1.29 is 0 Å². The Labute approximate surface area is 105 Å². The average molecular weight is 251 g/mol. The number of halogens is 1. The fourth-order valence-corrected chi connectivity index (χ4v) is 1.96. The number of nitrogens with zero attached hydrogens (tertiary/aromatic N) is 3. The van der Waals surface area contributed by atoms with Crippen LogP contribution in [-0.2, 0) is 26.4 Å². The van der Waals surface area contributed by atoms with E-state index in [1.54, 1.807) is 0 Å². The minimum atomic E-state index is 0.417. The summed E-state index contributed by atoms with van der Waals surface area (Å²) in [6.45, 7) is 0.417. The zero-order chi connectivity index (χ0) is 12.3. The van der Waals surface area contributed by atoms with Crippen molar-refractivity contribution in [3.05, 3.63) is 46.5 Å². The molecule has 90 valence electrons. The summed E-state index contributed by atoms with van der Waals surface area (Å²) in [6, 6.07) is 7.87. The summed E-state index contributed by atoms with van der Waals surface area (Å²) in [4.78, 5) is 0. The summed E-state index contributed by atoms with van der Waals surface area (Å²) in [5, 5.41) is 8.92. The Bertz CT molecular complexity index is 507. The molecule has 1 aromatic carbocycles. The van der Waals surface area contributed by atoms with Crippen LogP contribution in [0.3, 0.4) is 0 Å². The topological polar surface area (TPSA) is 56.7 Å². The van der Waals surface area contributed by atoms with E-state index in [4.69, 9.17) is 17.3 Å². The van der Waals surface area contributed by atoms with Crippen molar-refractivity contribution in [3.63, 3.8) is 0 Å². The van der Waals surface area contributed by atoms with Gasteiger partial charge in [0.2, 0.25) is 0 Å². The maximum atomic E-state index is 5.93. The van der Waals surface area contributed by atoms with Gasteiger partial charge in [0.25, 0.3) is 0 Å². The van der Waals surface area contributed by atoms with Gasteiger partial charge in [-0.15, -0.1) is 10.2 Å². The number of rotatable bonds is 4. The molecule has 5 heteroatoms. The van der Waals surface area contributed by atoms with Crippen molar-refractivity contribution in [2.45, 2.75) is 19.4 Å². The number of hydrogen-bond acceptors (Lipinski definition) is 3. The van der Waals surface area contributed by atoms with Gasteiger partial charge in [0.05, 0.1) is 6.54 Å². The molecule has 0 saturated carbocycles. The molecular weight excluding hydrogens is 236 g/mol. The van der Waals surface area contributed by atoms with E-state index in [-0.39, 0.29) is 0 Å². The lowest BCUT2D eigenvalue weighted by atomic mass is 10.1. The number of aromatic nitrogens is 3. The Hall–Kier alpha value is -1.39. The van der Waals surface area contributed by atoms with Crippen molar-refractivity contribution in [1.82, 2.24) is 14.8 Å². The smallest absolute Gasteiger partial charge is 0.146 e. The number of aryl methyl sites for hydroxylation is 2. The first-order valence-corrected chi connectivity index (χ1v) is 5.90. The molecule has 1 heterocycles. The molecule has 0 spiro atoms. The summed E-state index contributed by atoms with van der Waals surface area (Å²) in [7, 11) is 1.94. The largest absolute Gasteiger partial charge is 0.324 e. The molecule has 0 atom stereocenters. The molecule has 2 N–H and O–H groups in total. The summed E-state index contributed by atoms with van der Waals surface area (Å²) in [5.74, 6) is 1.76. The van der Waals surface area contributed by atoms with Crippen LogP contribution in [0, 0.1) is 0 Å². The van der Waals surface area contributed by atoms with Crippen LogP contribution in [0.25, 0.3) is 0 Å². The van der Waals surface area contributed by atoms with Crippen LogP contribution in [0.1, 0.15) is 17.2 Å². The second-order valence-corrected chi connectivity index (χ2v) is 4.36. The lowest BCUT2D eigenvalue weighted by molar-refractivity contribution is 0.733. The normalized spacial score (nSPS) is 10.8. The SMILES string of the molecule is Cn1c(CN)nnc1CCc1cccc(Cl)c1. The molecule has 0 radical (unpaired) electrons. The van der Waals surface area contributed by atoms with E-state index in [2.05, 4.69) is 16.3 Å². The Morgan fingerprint density at radius 3 is 2.65 bits per heavy atom. The molecule has 2 rings (SSSR count). The van der Waals surface area contributed by atoms with Gasteiger partial charge in [0.1, 0.15) is 11.6 Å². The van der Waals surface area contributed by atoms with Crippen molar-refractivity contribution in [3.8, 4) is 0 Å². The predicted octanol–water partition coefficient (Wildman–Crippen LogP) is 1.71. The third-order valence-electron chi connectivity index (χ3n) is 2.76. The molecule has 0 aliphatic heterocycles. The van der Waals surface area contributed by atoms with Crippen LogP contribution < -0.4 is 5.73 Å². The van der Waals surface area contributed by atoms with Crippen LogP contribution in [0.15, 0.2) is 24.3 Å². The van der Waals surface area contributed by atoms with E-state index in [1.807, 2.05) is 29.8 Å². The first-order valence-electron chi connectivity index (χ1n) is 5.52. The van der Waals surface area contributed by atoms with Crippen LogP contribution in [-0.4, -0.2) is 14.8 Å². The molecule has 0 aliphatic rings. The van der Waals surface area contributed by atoms with Crippen molar-refractivity contribution in [1.29, 1.82) is 0 Å². The van der Waals surface area contributed by atoms with E-state index < -0.39 is 0 Å². The van der Waals surface area contributed by atoms with Gasteiger partial charge in [-0.2, -0.15) is 0 Å². The van der Waals surface area contributed by atoms with Crippen LogP contribution in [0.5, 0.6) is 0 Å². The van der Waals surface area contributed by atoms with Gasteiger partial charge in [-0.05, 0) is 24.1 Å². The molecule has 17 heavy (non-hydrogen) atoms. The fourth-order valence-electron chi connectivity index (χ4n) is 1.74. The van der Waals surface area contributed by atoms with Crippen molar-refractivity contribution in [2.24, 2.45) is 12.8 Å². The Morgan fingerprint density at radius 1 is 1.24 bits per heavy atom. The maximum absolute atomic E-state index is 5.93. The lowest BCUT2D eigenvalue weighted by Gasteiger charge is -2.03. The molecule has 4 nitrogen and oxygen atoms in total. The average Bonchev–Trinajstić information content (AvgIpc) is 2.67. The Balaban J connectivity index is 2.05. The summed E-state index contributed by atoms with van der Waals surface area (Å²) in [5.41, 5.74) is 6.75. The van der Waals surface area contributed by atoms with Gasteiger partial charge in [0.15, 0.2) is 0 Å². The molecule has 0 fully saturated rings. The quantitative estimate of drug-likeness (QED) is 0.899. The molecule has 0 saturated heterocycles. The van der Waals surface area contributed by atoms with Gasteiger partial charge in [0, 0.05) is 18.5 Å². The molecular formula is C12H15ClN4. The zero-order valence-corrected chi connectivity index (χ0v) is 10.5. The van der Waals surface area contributed by atoms with Crippen LogP contribution in [0.4, 0.5) is 0 Å². The molecule has 1 aromatic heterocycles. The number of benzene rings is 1. The molecule has 2 aromatic rings. The lowest BCUT2D eigenvalue weighted by Crippen LogP contribution is -2.07. The van der Waals surface area contributed by atoms with E-state index in [0.717, 1.165) is 29.5 Å². The third-order valence-corrected chi connectivity index (χ3v) is 3.00. The van der Waals surface area contributed by atoms with Gasteiger partial charge < -0.3 is 10.3 Å². The summed E-state index contributed by atoms with van der Waals surface area (Å²) < 4.78 is 1.95. The maximum Gasteiger partial charge on any atom is 0.146 e. The predicted molar refractivity (Wildman–Crippen MR) is 67.8 cm³/mol. The molecule has 0 aliphatic carbocycles. The van der Waals surface area contributed by atoms with E-state index >= 15 is 0 Å². The van der Waals surface area contributed by atoms with Gasteiger partial charge in [-0.25, -0.2) is 0 Å². The highest BCUT2D eigenvalue weighted by Gasteiger charge is 2.07.